The van der Waals surface area contributed by atoms with Crippen LogP contribution in [0.2, 0.25) is 0 Å². The number of amides is 1. The van der Waals surface area contributed by atoms with Gasteiger partial charge in [-0.2, -0.15) is 0 Å². The molecule has 0 aliphatic carbocycles. The topological polar surface area (TPSA) is 98.1 Å². The molecular weight excluding hydrogens is 436 g/mol. The molecule has 0 aliphatic heterocycles. The third-order valence-electron chi connectivity index (χ3n) is 5.36. The van der Waals surface area contributed by atoms with Crippen LogP contribution in [-0.2, 0) is 11.3 Å². The summed E-state index contributed by atoms with van der Waals surface area (Å²) < 4.78 is 13.3. The molecular formula is C26H38N2O6. The second-order valence-electron chi connectivity index (χ2n) is 10.8. The maximum Gasteiger partial charge on any atom is 0.412 e. The minimum atomic E-state index is -1.20. The van der Waals surface area contributed by atoms with Gasteiger partial charge >= 0.3 is 6.09 Å². The van der Waals surface area contributed by atoms with Gasteiger partial charge in [0.1, 0.15) is 12.4 Å². The molecule has 2 rings (SSSR count). The third-order valence-corrected chi connectivity index (χ3v) is 5.36. The normalized spacial score (nSPS) is 12.0. The zero-order valence-corrected chi connectivity index (χ0v) is 21.7. The number of hydrogen-bond acceptors (Lipinski definition) is 5. The van der Waals surface area contributed by atoms with Crippen LogP contribution in [0.1, 0.15) is 61.3 Å². The van der Waals surface area contributed by atoms with E-state index in [0.717, 1.165) is 17.7 Å². The molecule has 8 nitrogen and oxygen atoms in total. The average molecular weight is 475 g/mol. The van der Waals surface area contributed by atoms with Crippen LogP contribution >= 0.6 is 0 Å². The van der Waals surface area contributed by atoms with E-state index in [9.17, 15) is 19.5 Å². The number of pyridine rings is 1. The fraction of sp³-hybridized carbons (Fsp3) is 0.577. The molecule has 0 saturated heterocycles. The largest absolute Gasteiger partial charge is 0.489 e. The Morgan fingerprint density at radius 1 is 1.06 bits per heavy atom. The van der Waals surface area contributed by atoms with E-state index in [0.29, 0.717) is 35.4 Å². The van der Waals surface area contributed by atoms with Crippen LogP contribution in [0.25, 0.3) is 10.8 Å². The zero-order valence-electron chi connectivity index (χ0n) is 21.7. The van der Waals surface area contributed by atoms with Gasteiger partial charge in [-0.05, 0) is 30.0 Å². The van der Waals surface area contributed by atoms with E-state index in [1.54, 1.807) is 18.2 Å². The average Bonchev–Trinajstić information content (AvgIpc) is 2.72. The molecule has 8 heteroatoms. The summed E-state index contributed by atoms with van der Waals surface area (Å²) in [6.07, 6.45) is 0.462. The lowest BCUT2D eigenvalue weighted by atomic mass is 9.91. The number of carbonyl (C=O) groups excluding carboxylic acids is 1. The lowest BCUT2D eigenvalue weighted by Crippen LogP contribution is -2.35. The van der Waals surface area contributed by atoms with Gasteiger partial charge in [-0.25, -0.2) is 4.79 Å². The highest BCUT2D eigenvalue weighted by atomic mass is 16.5. The highest BCUT2D eigenvalue weighted by Gasteiger charge is 2.27. The van der Waals surface area contributed by atoms with Gasteiger partial charge < -0.3 is 14.6 Å². The number of nitrogens with zero attached hydrogens (tertiary/aromatic N) is 2. The monoisotopic (exact) mass is 474 g/mol. The van der Waals surface area contributed by atoms with Crippen LogP contribution in [0.3, 0.4) is 0 Å². The number of carbonyl (C=O) groups is 2. The molecule has 0 aliphatic rings. The molecule has 0 unspecified atom stereocenters. The summed E-state index contributed by atoms with van der Waals surface area (Å²) in [5.41, 5.74) is -1.14. The number of ketones is 1. The van der Waals surface area contributed by atoms with Crippen LogP contribution < -0.4 is 19.9 Å². The lowest BCUT2D eigenvalue weighted by molar-refractivity contribution is -0.128. The molecule has 0 saturated carbocycles. The fourth-order valence-corrected chi connectivity index (χ4v) is 3.34. The molecule has 1 aromatic carbocycles. The zero-order chi connectivity index (χ0) is 25.8. The Bertz CT molecular complexity index is 1110. The highest BCUT2D eigenvalue weighted by molar-refractivity contribution is 5.97. The van der Waals surface area contributed by atoms with Gasteiger partial charge in [0, 0.05) is 24.4 Å². The van der Waals surface area contributed by atoms with Gasteiger partial charge in [0.15, 0.2) is 17.4 Å². The number of ether oxygens (including phenoxy) is 2. The second-order valence-corrected chi connectivity index (χ2v) is 10.8. The molecule has 1 aromatic heterocycles. The summed E-state index contributed by atoms with van der Waals surface area (Å²) >= 11 is 0. The minimum absolute atomic E-state index is 0.0566. The van der Waals surface area contributed by atoms with Crippen LogP contribution in [-0.4, -0.2) is 41.8 Å². The summed E-state index contributed by atoms with van der Waals surface area (Å²) in [6, 6.07) is 4.94. The first kappa shape index (κ1) is 27.2. The highest BCUT2D eigenvalue weighted by Crippen LogP contribution is 2.37. The van der Waals surface area contributed by atoms with Crippen molar-refractivity contribution in [3.05, 3.63) is 28.6 Å². The predicted octanol–water partition coefficient (Wildman–Crippen LogP) is 5.33. The van der Waals surface area contributed by atoms with Crippen molar-refractivity contribution in [2.45, 2.75) is 67.9 Å². The molecule has 0 fully saturated rings. The van der Waals surface area contributed by atoms with Crippen molar-refractivity contribution in [1.29, 1.82) is 0 Å². The number of anilines is 1. The fourth-order valence-electron chi connectivity index (χ4n) is 3.34. The minimum Gasteiger partial charge on any atom is -0.489 e. The Balaban J connectivity index is 2.76. The van der Waals surface area contributed by atoms with Crippen molar-refractivity contribution in [2.24, 2.45) is 10.8 Å². The number of carboxylic acid groups (broad SMARTS) is 1. The van der Waals surface area contributed by atoms with E-state index < -0.39 is 11.5 Å². The SMILES string of the molecule is CCCCOc1c(N(C)C(=O)O)n(CC(C)(C)C)c(=O)c2ccc(OCC(=O)C(C)(C)C)cc12. The van der Waals surface area contributed by atoms with Crippen LogP contribution in [0.4, 0.5) is 10.6 Å². The smallest absolute Gasteiger partial charge is 0.412 e. The summed E-state index contributed by atoms with van der Waals surface area (Å²) in [4.78, 5) is 38.9. The number of hydrogen-bond donors (Lipinski definition) is 1. The lowest BCUT2D eigenvalue weighted by Gasteiger charge is -2.28. The summed E-state index contributed by atoms with van der Waals surface area (Å²) in [5.74, 6) is 0.838. The first-order valence-electron chi connectivity index (χ1n) is 11.6. The van der Waals surface area contributed by atoms with E-state index in [1.165, 1.54) is 11.6 Å². The summed E-state index contributed by atoms with van der Waals surface area (Å²) in [6.45, 7) is 14.0. The molecule has 188 valence electrons. The molecule has 0 spiro atoms. The maximum absolute atomic E-state index is 13.5. The standard InChI is InChI=1S/C26H38N2O6/c1-9-10-13-33-21-19-14-17(34-15-20(29)26(5,6)7)11-12-18(19)23(30)28(16-25(2,3)4)22(21)27(8)24(31)32/h11-12,14H,9-10,13,15-16H2,1-8H3,(H,31,32). The summed E-state index contributed by atoms with van der Waals surface area (Å²) in [5, 5.41) is 10.6. The van der Waals surface area contributed by atoms with Crippen molar-refractivity contribution in [3.8, 4) is 11.5 Å². The Morgan fingerprint density at radius 2 is 1.71 bits per heavy atom. The van der Waals surface area contributed by atoms with E-state index >= 15 is 0 Å². The number of Topliss-reactive ketones (excluding diaryl/α,β-unsaturated/α-hetero) is 1. The van der Waals surface area contributed by atoms with E-state index in [2.05, 4.69) is 0 Å². The quantitative estimate of drug-likeness (QED) is 0.493. The van der Waals surface area contributed by atoms with E-state index in [1.807, 2.05) is 48.5 Å². The number of unbranched alkanes of at least 4 members (excludes halogenated alkanes) is 1. The van der Waals surface area contributed by atoms with Gasteiger partial charge in [0.25, 0.3) is 5.56 Å². The van der Waals surface area contributed by atoms with Gasteiger partial charge in [0.2, 0.25) is 0 Å². The number of fused-ring (bicyclic) bond motifs is 1. The molecule has 2 aromatic rings. The van der Waals surface area contributed by atoms with Gasteiger partial charge in [0.05, 0.1) is 12.0 Å². The van der Waals surface area contributed by atoms with Crippen LogP contribution in [0.5, 0.6) is 11.5 Å². The van der Waals surface area contributed by atoms with Crippen molar-refractivity contribution >= 4 is 28.5 Å². The number of benzene rings is 1. The van der Waals surface area contributed by atoms with E-state index in [4.69, 9.17) is 9.47 Å². The number of aromatic nitrogens is 1. The third kappa shape index (κ3) is 6.52. The Morgan fingerprint density at radius 3 is 2.24 bits per heavy atom. The van der Waals surface area contributed by atoms with Gasteiger partial charge in [-0.15, -0.1) is 0 Å². The molecule has 1 amide bonds. The van der Waals surface area contributed by atoms with Gasteiger partial charge in [-0.1, -0.05) is 54.9 Å². The van der Waals surface area contributed by atoms with Crippen molar-refractivity contribution in [2.75, 3.05) is 25.2 Å². The Kier molecular flexibility index (Phi) is 8.40. The molecule has 34 heavy (non-hydrogen) atoms. The first-order valence-corrected chi connectivity index (χ1v) is 11.6. The number of rotatable bonds is 9. The molecule has 1 heterocycles. The van der Waals surface area contributed by atoms with Crippen molar-refractivity contribution in [1.82, 2.24) is 4.57 Å². The summed E-state index contributed by atoms with van der Waals surface area (Å²) in [7, 11) is 1.40. The molecule has 0 bridgehead atoms. The second kappa shape index (κ2) is 10.5. The van der Waals surface area contributed by atoms with Crippen LogP contribution in [0.15, 0.2) is 23.0 Å². The van der Waals surface area contributed by atoms with Crippen molar-refractivity contribution < 1.29 is 24.2 Å². The Labute approximate surface area is 201 Å². The first-order chi connectivity index (χ1) is 15.7. The predicted molar refractivity (Wildman–Crippen MR) is 134 cm³/mol. The molecule has 1 N–H and O–H groups in total. The maximum atomic E-state index is 13.5. The Hall–Kier alpha value is -3.03. The van der Waals surface area contributed by atoms with Crippen molar-refractivity contribution in [3.63, 3.8) is 0 Å². The molecule has 0 radical (unpaired) electrons. The van der Waals surface area contributed by atoms with Crippen LogP contribution in [0, 0.1) is 10.8 Å². The van der Waals surface area contributed by atoms with E-state index in [-0.39, 0.29) is 29.2 Å². The molecule has 0 atom stereocenters. The van der Waals surface area contributed by atoms with Gasteiger partial charge in [-0.3, -0.25) is 19.1 Å².